The molecule has 4 heterocycles. The van der Waals surface area contributed by atoms with Gasteiger partial charge in [0.2, 0.25) is 0 Å². The quantitative estimate of drug-likeness (QED) is 0.436. The number of nitrogens with zero attached hydrogens (tertiary/aromatic N) is 4. The number of carbonyl (C=O) groups excluding carboxylic acids is 2. The molecule has 2 atom stereocenters. The normalized spacial score (nSPS) is 17.5. The number of rotatable bonds is 6. The van der Waals surface area contributed by atoms with Gasteiger partial charge in [-0.05, 0) is 31.0 Å². The largest absolute Gasteiger partial charge is 0.459 e. The fourth-order valence-corrected chi connectivity index (χ4v) is 3.59. The molecule has 1 fully saturated rings. The number of anilines is 1. The van der Waals surface area contributed by atoms with E-state index in [1.165, 1.54) is 4.57 Å². The summed E-state index contributed by atoms with van der Waals surface area (Å²) in [5, 5.41) is 2.63. The van der Waals surface area contributed by atoms with Crippen LogP contribution in [0.5, 0.6) is 0 Å². The van der Waals surface area contributed by atoms with Crippen molar-refractivity contribution in [3.8, 4) is 0 Å². The lowest BCUT2D eigenvalue weighted by Crippen LogP contribution is -2.30. The van der Waals surface area contributed by atoms with Gasteiger partial charge in [0, 0.05) is 18.3 Å². The molecule has 0 spiro atoms. The van der Waals surface area contributed by atoms with Gasteiger partial charge in [-0.15, -0.1) is 0 Å². The Kier molecular flexibility index (Phi) is 6.55. The predicted molar refractivity (Wildman–Crippen MR) is 115 cm³/mol. The molecule has 1 saturated heterocycles. The summed E-state index contributed by atoms with van der Waals surface area (Å²) in [5.41, 5.74) is 0.370. The van der Waals surface area contributed by atoms with Gasteiger partial charge in [0.15, 0.2) is 24.8 Å². The van der Waals surface area contributed by atoms with Gasteiger partial charge in [0.1, 0.15) is 43.9 Å². The van der Waals surface area contributed by atoms with E-state index in [1.807, 2.05) is 26.5 Å². The molecule has 0 saturated carbocycles. The molecule has 1 aliphatic rings. The van der Waals surface area contributed by atoms with Gasteiger partial charge in [0.25, 0.3) is 5.91 Å². The van der Waals surface area contributed by atoms with Crippen LogP contribution in [-0.2, 0) is 23.6 Å². The van der Waals surface area contributed by atoms with Gasteiger partial charge in [-0.25, -0.2) is 18.7 Å². The highest BCUT2D eigenvalue weighted by atomic mass is 16.6. The minimum absolute atomic E-state index is 0.0960. The van der Waals surface area contributed by atoms with Crippen LogP contribution in [-0.4, -0.2) is 34.1 Å². The molecule has 3 aromatic heterocycles. The number of amides is 1. The zero-order valence-corrected chi connectivity index (χ0v) is 18.4. The first-order valence-electron chi connectivity index (χ1n) is 10.5. The third kappa shape index (κ3) is 5.47. The van der Waals surface area contributed by atoms with Crippen molar-refractivity contribution < 1.29 is 28.2 Å². The summed E-state index contributed by atoms with van der Waals surface area (Å²) >= 11 is 0. The molecule has 3 aromatic rings. The monoisotopic (exact) mass is 451 g/mol. The Morgan fingerprint density at radius 3 is 2.52 bits per heavy atom. The number of hydrogen-bond donors (Lipinski definition) is 1. The highest BCUT2D eigenvalue weighted by Gasteiger charge is 2.29. The minimum Gasteiger partial charge on any atom is -0.459 e. The Bertz CT molecular complexity index is 1240. The number of pyridine rings is 2. The number of aryl methyl sites for hydroxylation is 2. The third-order valence-electron chi connectivity index (χ3n) is 5.24. The molecule has 1 amide bonds. The molecule has 0 unspecified atom stereocenters. The van der Waals surface area contributed by atoms with Crippen molar-refractivity contribution in [3.05, 3.63) is 82.9 Å². The van der Waals surface area contributed by atoms with Crippen LogP contribution in [0.15, 0.2) is 66.1 Å². The number of carbonyl (C=O) groups is 2. The SMILES string of the molecule is C[n+]1cccc(C(=O)Nc2ccn([C@H]3CC[C@@H](COC(=O)c4ccc[n+](C)c4)O3)c(=O)n2)c1. The highest BCUT2D eigenvalue weighted by molar-refractivity contribution is 6.03. The predicted octanol–water partition coefficient (Wildman–Crippen LogP) is 0.679. The Balaban J connectivity index is 1.33. The van der Waals surface area contributed by atoms with Crippen LogP contribution < -0.4 is 20.1 Å². The van der Waals surface area contributed by atoms with Gasteiger partial charge in [-0.1, -0.05) is 0 Å². The van der Waals surface area contributed by atoms with Crippen LogP contribution >= 0.6 is 0 Å². The minimum atomic E-state index is -0.536. The molecule has 4 rings (SSSR count). The van der Waals surface area contributed by atoms with Crippen LogP contribution in [0, 0.1) is 0 Å². The molecule has 170 valence electrons. The van der Waals surface area contributed by atoms with Crippen molar-refractivity contribution in [1.82, 2.24) is 9.55 Å². The first-order chi connectivity index (χ1) is 15.9. The molecule has 10 heteroatoms. The van der Waals surface area contributed by atoms with E-state index in [0.717, 1.165) is 0 Å². The fourth-order valence-electron chi connectivity index (χ4n) is 3.59. The molecule has 1 N–H and O–H groups in total. The lowest BCUT2D eigenvalue weighted by Gasteiger charge is -2.16. The van der Waals surface area contributed by atoms with Gasteiger partial charge in [0.05, 0.1) is 6.10 Å². The van der Waals surface area contributed by atoms with Crippen LogP contribution in [0.4, 0.5) is 5.82 Å². The Hall–Kier alpha value is -3.92. The average molecular weight is 451 g/mol. The second-order valence-electron chi connectivity index (χ2n) is 7.86. The van der Waals surface area contributed by atoms with E-state index in [-0.39, 0.29) is 24.4 Å². The summed E-state index contributed by atoms with van der Waals surface area (Å²) in [4.78, 5) is 41.1. The topological polar surface area (TPSA) is 107 Å². The molecule has 33 heavy (non-hydrogen) atoms. The van der Waals surface area contributed by atoms with E-state index >= 15 is 0 Å². The Morgan fingerprint density at radius 1 is 1.12 bits per heavy atom. The number of ether oxygens (including phenoxy) is 2. The maximum absolute atomic E-state index is 12.5. The molecule has 0 bridgehead atoms. The zero-order chi connectivity index (χ0) is 23.4. The van der Waals surface area contributed by atoms with E-state index in [4.69, 9.17) is 9.47 Å². The van der Waals surface area contributed by atoms with Crippen molar-refractivity contribution in [2.45, 2.75) is 25.2 Å². The van der Waals surface area contributed by atoms with Gasteiger partial charge >= 0.3 is 11.7 Å². The summed E-state index contributed by atoms with van der Waals surface area (Å²) in [7, 11) is 3.64. The number of hydrogen-bond acceptors (Lipinski definition) is 6. The van der Waals surface area contributed by atoms with Crippen molar-refractivity contribution >= 4 is 17.7 Å². The van der Waals surface area contributed by atoms with Crippen molar-refractivity contribution in [2.24, 2.45) is 14.1 Å². The summed E-state index contributed by atoms with van der Waals surface area (Å²) in [6.07, 6.45) is 8.92. The fraction of sp³-hybridized carbons (Fsp3) is 0.304. The van der Waals surface area contributed by atoms with Gasteiger partial charge in [-0.3, -0.25) is 9.36 Å². The summed E-state index contributed by atoms with van der Waals surface area (Å²) in [6, 6.07) is 8.43. The maximum atomic E-state index is 12.5. The number of aromatic nitrogens is 4. The third-order valence-corrected chi connectivity index (χ3v) is 5.24. The molecule has 10 nitrogen and oxygen atoms in total. The Morgan fingerprint density at radius 2 is 1.82 bits per heavy atom. The van der Waals surface area contributed by atoms with E-state index in [0.29, 0.717) is 24.0 Å². The number of esters is 1. The molecule has 0 radical (unpaired) electrons. The molecule has 1 aliphatic heterocycles. The van der Waals surface area contributed by atoms with Gasteiger partial charge < -0.3 is 14.8 Å². The molecular weight excluding hydrogens is 426 g/mol. The summed E-state index contributed by atoms with van der Waals surface area (Å²) in [5.74, 6) is -0.627. The number of nitrogens with one attached hydrogen (secondary N) is 1. The van der Waals surface area contributed by atoms with E-state index in [1.54, 1.807) is 58.1 Å². The van der Waals surface area contributed by atoms with Crippen LogP contribution in [0.1, 0.15) is 39.8 Å². The summed E-state index contributed by atoms with van der Waals surface area (Å²) in [6.45, 7) is 0.0960. The molecule has 0 aromatic carbocycles. The zero-order valence-electron chi connectivity index (χ0n) is 18.4. The van der Waals surface area contributed by atoms with Crippen molar-refractivity contribution in [3.63, 3.8) is 0 Å². The van der Waals surface area contributed by atoms with Gasteiger partial charge in [-0.2, -0.15) is 4.98 Å². The Labute approximate surface area is 190 Å². The lowest BCUT2D eigenvalue weighted by atomic mass is 10.2. The van der Waals surface area contributed by atoms with E-state index < -0.39 is 17.9 Å². The van der Waals surface area contributed by atoms with Crippen molar-refractivity contribution in [2.75, 3.05) is 11.9 Å². The molecule has 0 aliphatic carbocycles. The van der Waals surface area contributed by atoms with Crippen LogP contribution in [0.25, 0.3) is 0 Å². The standard InChI is InChI=1S/C23H24N5O5/c1-26-10-3-5-16(13-26)21(29)24-19-9-12-28(23(31)25-19)20-8-7-18(33-20)15-32-22(30)17-6-4-11-27(2)14-17/h3-6,9-14,18,20H,7-8,15H2,1-2H3/q+1/p+1/t18-,20+/m0/s1. The second kappa shape index (κ2) is 9.70. The maximum Gasteiger partial charge on any atom is 0.351 e. The lowest BCUT2D eigenvalue weighted by molar-refractivity contribution is -0.671. The smallest absolute Gasteiger partial charge is 0.351 e. The average Bonchev–Trinajstić information content (AvgIpc) is 3.26. The van der Waals surface area contributed by atoms with Crippen molar-refractivity contribution in [1.29, 1.82) is 0 Å². The van der Waals surface area contributed by atoms with E-state index in [9.17, 15) is 14.4 Å². The van der Waals surface area contributed by atoms with Crippen LogP contribution in [0.3, 0.4) is 0 Å². The summed E-state index contributed by atoms with van der Waals surface area (Å²) < 4.78 is 16.2. The first-order valence-corrected chi connectivity index (χ1v) is 10.5. The first kappa shape index (κ1) is 22.3. The highest BCUT2D eigenvalue weighted by Crippen LogP contribution is 2.27. The van der Waals surface area contributed by atoms with Crippen LogP contribution in [0.2, 0.25) is 0 Å². The van der Waals surface area contributed by atoms with E-state index in [2.05, 4.69) is 10.3 Å². The second-order valence-corrected chi connectivity index (χ2v) is 7.86. The molecular formula is C23H25N5O5+2.